The number of aliphatic imine (C=N–C) groups is 1. The SMILES string of the molecule is COCCOC(=O)C1=C(C)N=C2SC=C(CC(=O)NCCN3CCOCC3)N2C1c1cccc(OC)c1OC. The molecule has 12 heteroatoms. The van der Waals surface area contributed by atoms with Crippen LogP contribution in [0, 0.1) is 0 Å². The minimum atomic E-state index is -0.639. The smallest absolute Gasteiger partial charge is 0.338 e. The maximum Gasteiger partial charge on any atom is 0.338 e. The van der Waals surface area contributed by atoms with Crippen molar-refractivity contribution in [2.45, 2.75) is 19.4 Å². The van der Waals surface area contributed by atoms with Gasteiger partial charge in [-0.25, -0.2) is 9.79 Å². The molecule has 1 aromatic carbocycles. The van der Waals surface area contributed by atoms with Crippen LogP contribution in [0.2, 0.25) is 0 Å². The van der Waals surface area contributed by atoms with Crippen molar-refractivity contribution in [3.8, 4) is 11.5 Å². The number of rotatable bonds is 12. The summed E-state index contributed by atoms with van der Waals surface area (Å²) in [6.45, 7) is 6.64. The first-order valence-corrected chi connectivity index (χ1v) is 13.7. The van der Waals surface area contributed by atoms with Crippen LogP contribution in [-0.2, 0) is 23.8 Å². The summed E-state index contributed by atoms with van der Waals surface area (Å²) >= 11 is 1.42. The number of hydrogen-bond donors (Lipinski definition) is 1. The summed E-state index contributed by atoms with van der Waals surface area (Å²) < 4.78 is 27.3. The third-order valence-corrected chi connectivity index (χ3v) is 7.55. The van der Waals surface area contributed by atoms with Gasteiger partial charge in [-0.3, -0.25) is 9.69 Å². The molecule has 0 saturated carbocycles. The molecule has 0 aliphatic carbocycles. The van der Waals surface area contributed by atoms with Crippen LogP contribution < -0.4 is 14.8 Å². The molecule has 1 amide bonds. The second-order valence-electron chi connectivity index (χ2n) is 9.09. The molecule has 39 heavy (non-hydrogen) atoms. The number of amidine groups is 1. The van der Waals surface area contributed by atoms with Gasteiger partial charge >= 0.3 is 5.97 Å². The molecule has 1 aromatic rings. The number of amides is 1. The Kier molecular flexibility index (Phi) is 10.3. The predicted octanol–water partition coefficient (Wildman–Crippen LogP) is 2.31. The summed E-state index contributed by atoms with van der Waals surface area (Å²) in [5.41, 5.74) is 2.33. The van der Waals surface area contributed by atoms with Crippen LogP contribution in [0.4, 0.5) is 0 Å². The van der Waals surface area contributed by atoms with Crippen LogP contribution in [0.25, 0.3) is 0 Å². The number of allylic oxidation sites excluding steroid dienone is 1. The van der Waals surface area contributed by atoms with E-state index in [1.807, 2.05) is 22.4 Å². The quantitative estimate of drug-likeness (QED) is 0.302. The van der Waals surface area contributed by atoms with E-state index in [0.717, 1.165) is 25.3 Å². The van der Waals surface area contributed by atoms with E-state index in [0.29, 0.717) is 53.3 Å². The van der Waals surface area contributed by atoms with Gasteiger partial charge in [-0.2, -0.15) is 0 Å². The van der Waals surface area contributed by atoms with Crippen molar-refractivity contribution in [1.82, 2.24) is 15.1 Å². The van der Waals surface area contributed by atoms with Gasteiger partial charge in [-0.1, -0.05) is 23.9 Å². The van der Waals surface area contributed by atoms with Crippen molar-refractivity contribution >= 4 is 28.8 Å². The lowest BCUT2D eigenvalue weighted by molar-refractivity contribution is -0.141. The summed E-state index contributed by atoms with van der Waals surface area (Å²) in [6.07, 6.45) is 0.128. The van der Waals surface area contributed by atoms with Crippen LogP contribution in [-0.4, -0.2) is 101 Å². The van der Waals surface area contributed by atoms with E-state index in [2.05, 4.69) is 10.2 Å². The lowest BCUT2D eigenvalue weighted by atomic mass is 9.92. The monoisotopic (exact) mass is 560 g/mol. The zero-order valence-corrected chi connectivity index (χ0v) is 23.7. The number of benzene rings is 1. The number of nitrogens with one attached hydrogen (secondary N) is 1. The lowest BCUT2D eigenvalue weighted by Gasteiger charge is -2.37. The zero-order valence-electron chi connectivity index (χ0n) is 22.9. The molecule has 0 bridgehead atoms. The summed E-state index contributed by atoms with van der Waals surface area (Å²) in [4.78, 5) is 35.3. The number of methoxy groups -OCH3 is 3. The fourth-order valence-corrected chi connectivity index (χ4v) is 5.72. The molecule has 3 heterocycles. The van der Waals surface area contributed by atoms with Gasteiger partial charge in [0, 0.05) is 44.5 Å². The number of carbonyl (C=O) groups excluding carboxylic acids is 2. The molecular formula is C27H36N4O7S. The Morgan fingerprint density at radius 2 is 1.95 bits per heavy atom. The average Bonchev–Trinajstić information content (AvgIpc) is 3.33. The normalized spacial score (nSPS) is 19.3. The maximum atomic E-state index is 13.4. The van der Waals surface area contributed by atoms with Gasteiger partial charge in [-0.15, -0.1) is 0 Å². The molecule has 1 unspecified atom stereocenters. The minimum Gasteiger partial charge on any atom is -0.493 e. The first kappa shape index (κ1) is 28.9. The summed E-state index contributed by atoms with van der Waals surface area (Å²) in [5, 5.41) is 5.61. The second kappa shape index (κ2) is 13.8. The van der Waals surface area contributed by atoms with Crippen molar-refractivity contribution in [3.05, 3.63) is 46.1 Å². The molecule has 0 spiro atoms. The van der Waals surface area contributed by atoms with Crippen LogP contribution >= 0.6 is 11.8 Å². The number of carbonyl (C=O) groups is 2. The van der Waals surface area contributed by atoms with Gasteiger partial charge in [0.15, 0.2) is 16.7 Å². The third kappa shape index (κ3) is 6.75. The number of thioether (sulfide) groups is 1. The van der Waals surface area contributed by atoms with Crippen LogP contribution in [0.1, 0.15) is 24.9 Å². The summed E-state index contributed by atoms with van der Waals surface area (Å²) in [7, 11) is 4.67. The number of para-hydroxylation sites is 1. The van der Waals surface area contributed by atoms with Gasteiger partial charge in [0.25, 0.3) is 0 Å². The molecule has 0 radical (unpaired) electrons. The molecule has 1 saturated heterocycles. The van der Waals surface area contributed by atoms with Crippen molar-refractivity contribution in [3.63, 3.8) is 0 Å². The Hall–Kier alpha value is -3.06. The van der Waals surface area contributed by atoms with E-state index >= 15 is 0 Å². The molecule has 4 rings (SSSR count). The van der Waals surface area contributed by atoms with Gasteiger partial charge < -0.3 is 33.9 Å². The average molecular weight is 561 g/mol. The van der Waals surface area contributed by atoms with E-state index in [1.54, 1.807) is 34.3 Å². The van der Waals surface area contributed by atoms with Crippen molar-refractivity contribution in [1.29, 1.82) is 0 Å². The van der Waals surface area contributed by atoms with E-state index in [1.165, 1.54) is 11.8 Å². The zero-order chi connectivity index (χ0) is 27.8. The third-order valence-electron chi connectivity index (χ3n) is 6.66. The number of morpholine rings is 1. The Morgan fingerprint density at radius 1 is 1.15 bits per heavy atom. The molecular weight excluding hydrogens is 524 g/mol. The van der Waals surface area contributed by atoms with E-state index in [9.17, 15) is 9.59 Å². The summed E-state index contributed by atoms with van der Waals surface area (Å²) in [5.74, 6) is 0.408. The molecule has 1 fully saturated rings. The van der Waals surface area contributed by atoms with Gasteiger partial charge in [0.1, 0.15) is 6.61 Å². The Balaban J connectivity index is 1.60. The van der Waals surface area contributed by atoms with Crippen LogP contribution in [0.3, 0.4) is 0 Å². The standard InChI is InChI=1S/C27H36N4O7S/c1-18-23(26(33)38-15-14-34-2)24(20-6-5-7-21(35-3)25(20)36-4)31-19(17-39-27(31)29-18)16-22(32)28-8-9-30-10-12-37-13-11-30/h5-7,17,24H,8-16H2,1-4H3,(H,28,32). The molecule has 11 nitrogen and oxygen atoms in total. The number of hydrogen-bond acceptors (Lipinski definition) is 11. The van der Waals surface area contributed by atoms with Crippen LogP contribution in [0.15, 0.2) is 45.6 Å². The predicted molar refractivity (Wildman–Crippen MR) is 148 cm³/mol. The highest BCUT2D eigenvalue weighted by Crippen LogP contribution is 2.48. The largest absolute Gasteiger partial charge is 0.493 e. The van der Waals surface area contributed by atoms with E-state index < -0.39 is 12.0 Å². The molecule has 1 atom stereocenters. The highest BCUT2D eigenvalue weighted by Gasteiger charge is 2.42. The highest BCUT2D eigenvalue weighted by molar-refractivity contribution is 8.16. The Bertz CT molecular complexity index is 1150. The van der Waals surface area contributed by atoms with Crippen molar-refractivity contribution in [2.75, 3.05) is 73.9 Å². The van der Waals surface area contributed by atoms with Crippen LogP contribution in [0.5, 0.6) is 11.5 Å². The molecule has 212 valence electrons. The molecule has 3 aliphatic rings. The fourth-order valence-electron chi connectivity index (χ4n) is 4.75. The van der Waals surface area contributed by atoms with E-state index in [4.69, 9.17) is 28.7 Å². The summed E-state index contributed by atoms with van der Waals surface area (Å²) in [6, 6.07) is 4.88. The molecule has 1 N–H and O–H groups in total. The minimum absolute atomic E-state index is 0.105. The molecule has 0 aromatic heterocycles. The number of ether oxygens (including phenoxy) is 5. The highest BCUT2D eigenvalue weighted by atomic mass is 32.2. The first-order valence-electron chi connectivity index (χ1n) is 12.9. The fraction of sp³-hybridized carbons (Fsp3) is 0.519. The second-order valence-corrected chi connectivity index (χ2v) is 9.92. The maximum absolute atomic E-state index is 13.4. The van der Waals surface area contributed by atoms with Crippen molar-refractivity contribution < 1.29 is 33.3 Å². The molecule has 3 aliphatic heterocycles. The Morgan fingerprint density at radius 3 is 2.67 bits per heavy atom. The Labute approximate surface area is 233 Å². The van der Waals surface area contributed by atoms with E-state index in [-0.39, 0.29) is 25.5 Å². The van der Waals surface area contributed by atoms with Gasteiger partial charge in [0.05, 0.1) is 57.8 Å². The topological polar surface area (TPSA) is 111 Å². The number of fused-ring (bicyclic) bond motifs is 1. The first-order chi connectivity index (χ1) is 19.0. The lowest BCUT2D eigenvalue weighted by Crippen LogP contribution is -2.42. The van der Waals surface area contributed by atoms with Gasteiger partial charge in [0.2, 0.25) is 5.91 Å². The number of esters is 1. The van der Waals surface area contributed by atoms with Crippen molar-refractivity contribution in [2.24, 2.45) is 4.99 Å². The number of nitrogens with zero attached hydrogens (tertiary/aromatic N) is 3. The van der Waals surface area contributed by atoms with Gasteiger partial charge in [-0.05, 0) is 18.4 Å².